The number of nitrogen functional groups attached to an aromatic ring is 1. The lowest BCUT2D eigenvalue weighted by Crippen LogP contribution is -2.22. The molecule has 0 bridgehead atoms. The molecule has 1 aromatic rings. The number of carbonyl (C=O) groups is 1. The van der Waals surface area contributed by atoms with Gasteiger partial charge in [-0.1, -0.05) is 12.0 Å². The molecule has 0 spiro atoms. The standard InChI is InChI=1S/C14H17NO2/c1-10-5-7-12(15)9-11(10)6-8-13(16)17-14(2,3)4/h5,7,9H,15H2,1-4H3. The zero-order valence-electron chi connectivity index (χ0n) is 10.6. The molecule has 0 aliphatic carbocycles. The first-order valence-electron chi connectivity index (χ1n) is 5.39. The second-order valence-electron chi connectivity index (χ2n) is 4.83. The Kier molecular flexibility index (Phi) is 3.80. The number of esters is 1. The number of hydrogen-bond acceptors (Lipinski definition) is 3. The van der Waals surface area contributed by atoms with Gasteiger partial charge in [0, 0.05) is 17.2 Å². The van der Waals surface area contributed by atoms with Crippen LogP contribution in [0.15, 0.2) is 18.2 Å². The Bertz CT molecular complexity index is 487. The van der Waals surface area contributed by atoms with Gasteiger partial charge in [0.25, 0.3) is 0 Å². The molecule has 0 aliphatic heterocycles. The van der Waals surface area contributed by atoms with Crippen molar-refractivity contribution in [3.63, 3.8) is 0 Å². The van der Waals surface area contributed by atoms with E-state index < -0.39 is 11.6 Å². The summed E-state index contributed by atoms with van der Waals surface area (Å²) >= 11 is 0. The van der Waals surface area contributed by atoms with Crippen LogP contribution in [0.3, 0.4) is 0 Å². The highest BCUT2D eigenvalue weighted by molar-refractivity contribution is 5.89. The fraction of sp³-hybridized carbons (Fsp3) is 0.357. The van der Waals surface area contributed by atoms with E-state index >= 15 is 0 Å². The fourth-order valence-electron chi connectivity index (χ4n) is 1.20. The van der Waals surface area contributed by atoms with Gasteiger partial charge in [0.05, 0.1) is 0 Å². The minimum Gasteiger partial charge on any atom is -0.450 e. The molecule has 0 amide bonds. The van der Waals surface area contributed by atoms with Crippen molar-refractivity contribution in [2.24, 2.45) is 0 Å². The predicted octanol–water partition coefficient (Wildman–Crippen LogP) is 2.27. The summed E-state index contributed by atoms with van der Waals surface area (Å²) in [6.07, 6.45) is 0. The van der Waals surface area contributed by atoms with Crippen molar-refractivity contribution in [1.82, 2.24) is 0 Å². The topological polar surface area (TPSA) is 52.3 Å². The Morgan fingerprint density at radius 2 is 2.00 bits per heavy atom. The van der Waals surface area contributed by atoms with Crippen molar-refractivity contribution < 1.29 is 9.53 Å². The van der Waals surface area contributed by atoms with Gasteiger partial charge in [0.2, 0.25) is 0 Å². The molecule has 17 heavy (non-hydrogen) atoms. The van der Waals surface area contributed by atoms with E-state index in [1.54, 1.807) is 32.9 Å². The molecule has 0 heterocycles. The van der Waals surface area contributed by atoms with Gasteiger partial charge in [-0.25, -0.2) is 4.79 Å². The summed E-state index contributed by atoms with van der Waals surface area (Å²) in [5.41, 5.74) is 7.49. The van der Waals surface area contributed by atoms with Gasteiger partial charge in [-0.15, -0.1) is 0 Å². The number of rotatable bonds is 0. The quantitative estimate of drug-likeness (QED) is 0.423. The fourth-order valence-corrected chi connectivity index (χ4v) is 1.20. The van der Waals surface area contributed by atoms with E-state index in [9.17, 15) is 4.79 Å². The van der Waals surface area contributed by atoms with Gasteiger partial charge in [0.15, 0.2) is 0 Å². The minimum atomic E-state index is -0.528. The van der Waals surface area contributed by atoms with Gasteiger partial charge in [-0.2, -0.15) is 0 Å². The predicted molar refractivity (Wildman–Crippen MR) is 68.3 cm³/mol. The number of carbonyl (C=O) groups excluding carboxylic acids is 1. The van der Waals surface area contributed by atoms with E-state index in [0.29, 0.717) is 5.69 Å². The lowest BCUT2D eigenvalue weighted by Gasteiger charge is -2.16. The zero-order valence-corrected chi connectivity index (χ0v) is 10.6. The van der Waals surface area contributed by atoms with E-state index in [1.165, 1.54) is 0 Å². The summed E-state index contributed by atoms with van der Waals surface area (Å²) < 4.78 is 5.09. The average Bonchev–Trinajstić information content (AvgIpc) is 2.17. The molecule has 2 N–H and O–H groups in total. The maximum Gasteiger partial charge on any atom is 0.385 e. The first-order chi connectivity index (χ1) is 7.78. The molecule has 0 saturated heterocycles. The van der Waals surface area contributed by atoms with Crippen molar-refractivity contribution in [2.75, 3.05) is 5.73 Å². The highest BCUT2D eigenvalue weighted by Gasteiger charge is 2.14. The van der Waals surface area contributed by atoms with Crippen LogP contribution in [0.5, 0.6) is 0 Å². The highest BCUT2D eigenvalue weighted by Crippen LogP contribution is 2.11. The largest absolute Gasteiger partial charge is 0.450 e. The Balaban J connectivity index is 2.85. The Labute approximate surface area is 102 Å². The lowest BCUT2D eigenvalue weighted by molar-refractivity contribution is -0.147. The van der Waals surface area contributed by atoms with Crippen LogP contribution in [-0.4, -0.2) is 11.6 Å². The van der Waals surface area contributed by atoms with Crippen LogP contribution in [0.4, 0.5) is 5.69 Å². The lowest BCUT2D eigenvalue weighted by atomic mass is 10.1. The summed E-state index contributed by atoms with van der Waals surface area (Å²) in [7, 11) is 0. The van der Waals surface area contributed by atoms with Crippen LogP contribution in [-0.2, 0) is 9.53 Å². The SMILES string of the molecule is Cc1ccc(N)cc1C#CC(=O)OC(C)(C)C. The van der Waals surface area contributed by atoms with Crippen molar-refractivity contribution in [3.05, 3.63) is 29.3 Å². The van der Waals surface area contributed by atoms with Crippen molar-refractivity contribution in [2.45, 2.75) is 33.3 Å². The molecule has 3 heteroatoms. The van der Waals surface area contributed by atoms with Crippen LogP contribution in [0, 0.1) is 18.8 Å². The molecular formula is C14H17NO2. The number of anilines is 1. The summed E-state index contributed by atoms with van der Waals surface area (Å²) in [4.78, 5) is 11.4. The van der Waals surface area contributed by atoms with Crippen LogP contribution in [0.1, 0.15) is 31.9 Å². The summed E-state index contributed by atoms with van der Waals surface area (Å²) in [6.45, 7) is 7.33. The van der Waals surface area contributed by atoms with Crippen molar-refractivity contribution >= 4 is 11.7 Å². The molecule has 0 radical (unpaired) electrons. The van der Waals surface area contributed by atoms with Crippen LogP contribution in [0.2, 0.25) is 0 Å². The molecule has 0 fully saturated rings. The molecule has 0 atom stereocenters. The molecule has 3 nitrogen and oxygen atoms in total. The van der Waals surface area contributed by atoms with Gasteiger partial charge < -0.3 is 10.5 Å². The van der Waals surface area contributed by atoms with Gasteiger partial charge in [-0.3, -0.25) is 0 Å². The van der Waals surface area contributed by atoms with Gasteiger partial charge in [0.1, 0.15) is 5.60 Å². The normalized spacial score (nSPS) is 10.4. The zero-order chi connectivity index (χ0) is 13.1. The second kappa shape index (κ2) is 4.92. The Morgan fingerprint density at radius 3 is 2.59 bits per heavy atom. The highest BCUT2D eigenvalue weighted by atomic mass is 16.6. The molecule has 0 unspecified atom stereocenters. The van der Waals surface area contributed by atoms with E-state index in [1.807, 2.05) is 13.0 Å². The Hall–Kier alpha value is -1.95. The smallest absolute Gasteiger partial charge is 0.385 e. The molecule has 0 saturated carbocycles. The van der Waals surface area contributed by atoms with E-state index in [2.05, 4.69) is 11.8 Å². The van der Waals surface area contributed by atoms with Crippen molar-refractivity contribution in [3.8, 4) is 11.8 Å². The maximum absolute atomic E-state index is 11.4. The molecule has 1 aromatic carbocycles. The number of benzene rings is 1. The Morgan fingerprint density at radius 1 is 1.35 bits per heavy atom. The number of ether oxygens (including phenoxy) is 1. The van der Waals surface area contributed by atoms with E-state index in [-0.39, 0.29) is 0 Å². The van der Waals surface area contributed by atoms with E-state index in [0.717, 1.165) is 11.1 Å². The number of aryl methyl sites for hydroxylation is 1. The number of hydrogen-bond donors (Lipinski definition) is 1. The monoisotopic (exact) mass is 231 g/mol. The molecular weight excluding hydrogens is 214 g/mol. The second-order valence-corrected chi connectivity index (χ2v) is 4.83. The third-order valence-electron chi connectivity index (χ3n) is 1.96. The third kappa shape index (κ3) is 4.60. The van der Waals surface area contributed by atoms with Crippen molar-refractivity contribution in [1.29, 1.82) is 0 Å². The van der Waals surface area contributed by atoms with Crippen LogP contribution >= 0.6 is 0 Å². The first-order valence-corrected chi connectivity index (χ1v) is 5.39. The summed E-state index contributed by atoms with van der Waals surface area (Å²) in [5, 5.41) is 0. The van der Waals surface area contributed by atoms with Crippen LogP contribution < -0.4 is 5.73 Å². The molecule has 0 aromatic heterocycles. The maximum atomic E-state index is 11.4. The third-order valence-corrected chi connectivity index (χ3v) is 1.96. The van der Waals surface area contributed by atoms with E-state index in [4.69, 9.17) is 10.5 Å². The molecule has 90 valence electrons. The van der Waals surface area contributed by atoms with Crippen LogP contribution in [0.25, 0.3) is 0 Å². The molecule has 1 rings (SSSR count). The molecule has 0 aliphatic rings. The average molecular weight is 231 g/mol. The number of nitrogens with two attached hydrogens (primary N) is 1. The first kappa shape index (κ1) is 13.1. The summed E-state index contributed by atoms with van der Waals surface area (Å²) in [5.74, 6) is 4.70. The summed E-state index contributed by atoms with van der Waals surface area (Å²) in [6, 6.07) is 5.41. The van der Waals surface area contributed by atoms with Gasteiger partial charge in [-0.05, 0) is 45.4 Å². The minimum absolute atomic E-state index is 0.517. The van der Waals surface area contributed by atoms with Gasteiger partial charge >= 0.3 is 5.97 Å².